The van der Waals surface area contributed by atoms with Crippen LogP contribution in [0.25, 0.3) is 11.4 Å². The molecule has 0 saturated carbocycles. The van der Waals surface area contributed by atoms with Crippen molar-refractivity contribution >= 4 is 52.6 Å². The molecule has 0 aliphatic carbocycles. The van der Waals surface area contributed by atoms with Gasteiger partial charge in [0.25, 0.3) is 5.91 Å². The zero-order chi connectivity index (χ0) is 21.1. The Hall–Kier alpha value is -3.62. The molecular weight excluding hydrogens is 425 g/mol. The molecule has 4 aromatic rings. The summed E-state index contributed by atoms with van der Waals surface area (Å²) in [5.41, 5.74) is 7.57. The predicted molar refractivity (Wildman–Crippen MR) is 118 cm³/mol. The van der Waals surface area contributed by atoms with Crippen molar-refractivity contribution in [1.29, 1.82) is 0 Å². The lowest BCUT2D eigenvalue weighted by Crippen LogP contribution is -2.12. The van der Waals surface area contributed by atoms with Crippen LogP contribution in [0.1, 0.15) is 16.1 Å². The standard InChI is InChI=1S/C20H15Cl2N7O/c21-12-7-4-8-13(9-12)25-20-15(17(23)30)19(28-29-20)24-10-14-16(22)27-18(26-14)11-5-2-1-3-6-11/h1-10H,(H2,23,30)(H,26,27)(H2,25,28,29). The van der Waals surface area contributed by atoms with Crippen molar-refractivity contribution in [3.8, 4) is 11.4 Å². The van der Waals surface area contributed by atoms with Gasteiger partial charge in [0.15, 0.2) is 5.82 Å². The molecule has 30 heavy (non-hydrogen) atoms. The Morgan fingerprint density at radius 2 is 1.93 bits per heavy atom. The normalized spacial score (nSPS) is 11.1. The lowest BCUT2D eigenvalue weighted by molar-refractivity contribution is 0.100. The highest BCUT2D eigenvalue weighted by atomic mass is 35.5. The van der Waals surface area contributed by atoms with Crippen molar-refractivity contribution in [3.05, 3.63) is 76.0 Å². The van der Waals surface area contributed by atoms with E-state index in [2.05, 4.69) is 30.5 Å². The third-order valence-electron chi connectivity index (χ3n) is 4.13. The number of H-pyrrole nitrogens is 2. The van der Waals surface area contributed by atoms with Crippen molar-refractivity contribution in [2.24, 2.45) is 10.7 Å². The largest absolute Gasteiger partial charge is 0.365 e. The van der Waals surface area contributed by atoms with Gasteiger partial charge in [-0.3, -0.25) is 9.89 Å². The Morgan fingerprint density at radius 3 is 2.67 bits per heavy atom. The number of imidazole rings is 1. The van der Waals surface area contributed by atoms with Gasteiger partial charge < -0.3 is 16.0 Å². The van der Waals surface area contributed by atoms with E-state index in [4.69, 9.17) is 28.9 Å². The van der Waals surface area contributed by atoms with Crippen LogP contribution < -0.4 is 11.1 Å². The molecule has 0 spiro atoms. The molecule has 10 heteroatoms. The molecular formula is C20H15Cl2N7O. The van der Waals surface area contributed by atoms with Crippen LogP contribution in [0.4, 0.5) is 17.3 Å². The number of anilines is 2. The summed E-state index contributed by atoms with van der Waals surface area (Å²) in [5, 5.41) is 10.7. The number of aliphatic imine (C=N–C) groups is 1. The van der Waals surface area contributed by atoms with E-state index in [9.17, 15) is 4.79 Å². The number of primary amides is 1. The molecule has 0 unspecified atom stereocenters. The SMILES string of the molecule is NC(=O)c1c(N=Cc2nc(-c3ccccc3)[nH]c2Cl)n[nH]c1Nc1cccc(Cl)c1. The Bertz CT molecular complexity index is 1230. The van der Waals surface area contributed by atoms with Crippen molar-refractivity contribution in [2.75, 3.05) is 5.32 Å². The Labute approximate surface area is 181 Å². The van der Waals surface area contributed by atoms with Crippen molar-refractivity contribution in [3.63, 3.8) is 0 Å². The second-order valence-corrected chi connectivity index (χ2v) is 7.02. The first-order valence-electron chi connectivity index (χ1n) is 8.77. The Kier molecular flexibility index (Phi) is 5.51. The first kappa shape index (κ1) is 19.7. The van der Waals surface area contributed by atoms with Gasteiger partial charge in [-0.1, -0.05) is 59.6 Å². The van der Waals surface area contributed by atoms with Crippen LogP contribution in [0.15, 0.2) is 59.6 Å². The number of hydrogen-bond acceptors (Lipinski definition) is 5. The monoisotopic (exact) mass is 439 g/mol. The number of nitrogens with two attached hydrogens (primary N) is 1. The van der Waals surface area contributed by atoms with Gasteiger partial charge in [-0.05, 0) is 18.2 Å². The number of rotatable bonds is 6. The van der Waals surface area contributed by atoms with Gasteiger partial charge in [0.2, 0.25) is 0 Å². The lowest BCUT2D eigenvalue weighted by Gasteiger charge is -2.05. The maximum atomic E-state index is 12.0. The molecule has 2 aromatic carbocycles. The third kappa shape index (κ3) is 4.19. The van der Waals surface area contributed by atoms with Crippen LogP contribution in [0.3, 0.4) is 0 Å². The van der Waals surface area contributed by atoms with E-state index >= 15 is 0 Å². The molecule has 0 radical (unpaired) electrons. The second-order valence-electron chi connectivity index (χ2n) is 6.21. The summed E-state index contributed by atoms with van der Waals surface area (Å²) < 4.78 is 0. The highest BCUT2D eigenvalue weighted by Gasteiger charge is 2.18. The second kappa shape index (κ2) is 8.40. The van der Waals surface area contributed by atoms with Crippen LogP contribution in [-0.4, -0.2) is 32.3 Å². The summed E-state index contributed by atoms with van der Waals surface area (Å²) in [6, 6.07) is 16.5. The molecule has 4 rings (SSSR count). The van der Waals surface area contributed by atoms with Gasteiger partial charge in [-0.25, -0.2) is 9.98 Å². The number of hydrogen-bond donors (Lipinski definition) is 4. The highest BCUT2D eigenvalue weighted by molar-refractivity contribution is 6.32. The molecule has 0 aliphatic rings. The molecule has 1 amide bonds. The predicted octanol–water partition coefficient (Wildman–Crippen LogP) is 4.70. The average molecular weight is 440 g/mol. The molecule has 0 fully saturated rings. The molecule has 0 aliphatic heterocycles. The van der Waals surface area contributed by atoms with Crippen molar-refractivity contribution in [2.45, 2.75) is 0 Å². The van der Waals surface area contributed by atoms with E-state index in [0.29, 0.717) is 33.2 Å². The van der Waals surface area contributed by atoms with E-state index in [1.165, 1.54) is 6.21 Å². The first-order chi connectivity index (χ1) is 14.5. The minimum absolute atomic E-state index is 0.0983. The van der Waals surface area contributed by atoms with Crippen LogP contribution >= 0.6 is 23.2 Å². The first-order valence-corrected chi connectivity index (χ1v) is 9.52. The van der Waals surface area contributed by atoms with E-state index in [0.717, 1.165) is 5.56 Å². The van der Waals surface area contributed by atoms with Crippen LogP contribution in [0, 0.1) is 0 Å². The molecule has 0 atom stereocenters. The van der Waals surface area contributed by atoms with Gasteiger partial charge in [-0.15, -0.1) is 0 Å². The fourth-order valence-corrected chi connectivity index (χ4v) is 3.14. The van der Waals surface area contributed by atoms with E-state index in [1.54, 1.807) is 24.3 Å². The van der Waals surface area contributed by atoms with Gasteiger partial charge in [0.1, 0.15) is 28.1 Å². The summed E-state index contributed by atoms with van der Waals surface area (Å²) in [5.74, 6) is 0.309. The molecule has 0 bridgehead atoms. The molecule has 5 N–H and O–H groups in total. The topological polar surface area (TPSA) is 125 Å². The quantitative estimate of drug-likeness (QED) is 0.324. The maximum Gasteiger partial charge on any atom is 0.256 e. The van der Waals surface area contributed by atoms with Gasteiger partial charge in [0, 0.05) is 16.3 Å². The molecule has 150 valence electrons. The summed E-state index contributed by atoms with van der Waals surface area (Å²) in [6.45, 7) is 0. The third-order valence-corrected chi connectivity index (χ3v) is 4.65. The van der Waals surface area contributed by atoms with Gasteiger partial charge in [0.05, 0.1) is 6.21 Å². The van der Waals surface area contributed by atoms with Gasteiger partial charge >= 0.3 is 0 Å². The maximum absolute atomic E-state index is 12.0. The molecule has 2 heterocycles. The van der Waals surface area contributed by atoms with E-state index in [-0.39, 0.29) is 11.4 Å². The number of benzene rings is 2. The summed E-state index contributed by atoms with van der Waals surface area (Å²) >= 11 is 12.2. The zero-order valence-corrected chi connectivity index (χ0v) is 16.9. The molecule has 8 nitrogen and oxygen atoms in total. The van der Waals surface area contributed by atoms with Crippen LogP contribution in [0.2, 0.25) is 10.2 Å². The Balaban J connectivity index is 1.62. The number of carbonyl (C=O) groups excluding carboxylic acids is 1. The minimum Gasteiger partial charge on any atom is -0.365 e. The number of nitrogens with one attached hydrogen (secondary N) is 3. The fraction of sp³-hybridized carbons (Fsp3) is 0. The summed E-state index contributed by atoms with van der Waals surface area (Å²) in [7, 11) is 0. The van der Waals surface area contributed by atoms with Crippen molar-refractivity contribution in [1.82, 2.24) is 20.2 Å². The number of aromatic amines is 2. The Morgan fingerprint density at radius 1 is 1.13 bits per heavy atom. The number of amides is 1. The van der Waals surface area contributed by atoms with E-state index < -0.39 is 5.91 Å². The number of aromatic nitrogens is 4. The van der Waals surface area contributed by atoms with Crippen molar-refractivity contribution < 1.29 is 4.79 Å². The van der Waals surface area contributed by atoms with E-state index in [1.807, 2.05) is 30.3 Å². The summed E-state index contributed by atoms with van der Waals surface area (Å²) in [4.78, 5) is 23.7. The lowest BCUT2D eigenvalue weighted by atomic mass is 10.2. The molecule has 0 saturated heterocycles. The zero-order valence-electron chi connectivity index (χ0n) is 15.4. The fourth-order valence-electron chi connectivity index (χ4n) is 2.77. The minimum atomic E-state index is -0.696. The van der Waals surface area contributed by atoms with Gasteiger partial charge in [-0.2, -0.15) is 5.10 Å². The van der Waals surface area contributed by atoms with Crippen LogP contribution in [-0.2, 0) is 0 Å². The average Bonchev–Trinajstić information content (AvgIpc) is 3.30. The van der Waals surface area contributed by atoms with Crippen LogP contribution in [0.5, 0.6) is 0 Å². The smallest absolute Gasteiger partial charge is 0.256 e. The number of halogens is 2. The number of nitrogens with zero attached hydrogens (tertiary/aromatic N) is 3. The highest BCUT2D eigenvalue weighted by Crippen LogP contribution is 2.28. The molecule has 2 aromatic heterocycles. The summed E-state index contributed by atoms with van der Waals surface area (Å²) in [6.07, 6.45) is 1.41. The number of carbonyl (C=O) groups is 1.